The third-order valence-electron chi connectivity index (χ3n) is 10.3. The molecule has 1 amide bonds. The van der Waals surface area contributed by atoms with E-state index < -0.39 is 58.6 Å². The molecule has 0 bridgehead atoms. The molecule has 1 saturated carbocycles. The average Bonchev–Trinajstić information content (AvgIpc) is 3.02. The normalized spacial score (nSPS) is 25.4. The van der Waals surface area contributed by atoms with Gasteiger partial charge in [0.2, 0.25) is 0 Å². The number of rotatable bonds is 11. The highest BCUT2D eigenvalue weighted by molar-refractivity contribution is 7.87. The number of carbonyl (C=O) groups is 1. The molecule has 1 aromatic carbocycles. The summed E-state index contributed by atoms with van der Waals surface area (Å²) in [4.78, 5) is 27.9. The van der Waals surface area contributed by atoms with Gasteiger partial charge in [-0.05, 0) is 64.4 Å². The van der Waals surface area contributed by atoms with Gasteiger partial charge in [-0.3, -0.25) is 9.69 Å². The lowest BCUT2D eigenvalue weighted by Crippen LogP contribution is -2.62. The number of ether oxygens (including phenoxy) is 2. The summed E-state index contributed by atoms with van der Waals surface area (Å²) in [7, 11) is -0.687. The number of amides is 1. The summed E-state index contributed by atoms with van der Waals surface area (Å²) >= 11 is 0. The van der Waals surface area contributed by atoms with E-state index in [2.05, 4.69) is 24.5 Å². The van der Waals surface area contributed by atoms with Crippen molar-refractivity contribution in [1.82, 2.24) is 28.8 Å². The van der Waals surface area contributed by atoms with Crippen molar-refractivity contribution in [2.75, 3.05) is 58.3 Å². The number of aromatic nitrogens is 2. The molecule has 2 aromatic rings. The van der Waals surface area contributed by atoms with E-state index in [1.807, 2.05) is 0 Å². The summed E-state index contributed by atoms with van der Waals surface area (Å²) in [5.41, 5.74) is -0.0330. The molecule has 0 unspecified atom stereocenters. The number of β-amino-alcohol motifs (C(OH)–C–C–N with tert-alkyl or cyclic N) is 1. The molecule has 1 aromatic heterocycles. The van der Waals surface area contributed by atoms with Crippen molar-refractivity contribution in [3.63, 3.8) is 0 Å². The van der Waals surface area contributed by atoms with Gasteiger partial charge in [0.25, 0.3) is 22.0 Å². The van der Waals surface area contributed by atoms with Gasteiger partial charge in [0.1, 0.15) is 17.9 Å². The molecule has 13 nitrogen and oxygen atoms in total. The molecule has 4 aliphatic rings. The van der Waals surface area contributed by atoms with Crippen LogP contribution in [0.2, 0.25) is 0 Å². The lowest BCUT2D eigenvalue weighted by atomic mass is 9.72. The SMILES string of the molecule is CC(C)N(C(=O)c1cc(F)ccc1Oc1cncnc1N1CC2(CCN(C[C@@]3(O)CC[C@@H](NS(=O)(=O)N(C)C)CO3)CC2)C1)C1CC(F)(F)C1. The van der Waals surface area contributed by atoms with E-state index in [4.69, 9.17) is 9.47 Å². The first kappa shape index (κ1) is 36.7. The molecule has 1 aliphatic carbocycles. The van der Waals surface area contributed by atoms with Crippen LogP contribution in [0.25, 0.3) is 0 Å². The largest absolute Gasteiger partial charge is 0.451 e. The molecule has 4 fully saturated rings. The molecule has 6 rings (SSSR count). The minimum Gasteiger partial charge on any atom is -0.451 e. The second kappa shape index (κ2) is 13.8. The Balaban J connectivity index is 1.05. The highest BCUT2D eigenvalue weighted by atomic mass is 32.2. The van der Waals surface area contributed by atoms with Crippen LogP contribution in [0, 0.1) is 11.2 Å². The van der Waals surface area contributed by atoms with E-state index in [1.54, 1.807) is 13.8 Å². The van der Waals surface area contributed by atoms with Gasteiger partial charge in [-0.1, -0.05) is 0 Å². The lowest BCUT2D eigenvalue weighted by molar-refractivity contribution is -0.239. The first-order valence-corrected chi connectivity index (χ1v) is 18.4. The number of alkyl halides is 2. The first-order chi connectivity index (χ1) is 23.5. The summed E-state index contributed by atoms with van der Waals surface area (Å²) in [6, 6.07) is 2.15. The number of halogens is 3. The van der Waals surface area contributed by atoms with Crippen molar-refractivity contribution in [3.05, 3.63) is 42.1 Å². The number of hydrogen-bond acceptors (Lipinski definition) is 10. The van der Waals surface area contributed by atoms with Crippen molar-refractivity contribution in [1.29, 1.82) is 0 Å². The minimum absolute atomic E-state index is 0.0317. The number of likely N-dealkylation sites (tertiary alicyclic amines) is 1. The Morgan fingerprint density at radius 3 is 2.46 bits per heavy atom. The summed E-state index contributed by atoms with van der Waals surface area (Å²) in [5.74, 6) is -4.51. The topological polar surface area (TPSA) is 141 Å². The number of piperidine rings is 1. The molecule has 50 heavy (non-hydrogen) atoms. The Bertz CT molecular complexity index is 1650. The van der Waals surface area contributed by atoms with E-state index in [-0.39, 0.29) is 35.1 Å². The standard InChI is InChI=1S/C33H46F3N7O6S/c1-22(2)43(25-14-32(35,36)15-25)30(44)26-13-23(34)5-6-27(26)49-28-16-37-21-38-29(28)42-18-31(19-42)9-11-41(12-10-31)20-33(45)8-7-24(17-48-33)39-50(46,47)40(3)4/h5-6,13,16,21-22,24-25,39,45H,7-12,14-15,17-20H2,1-4H3/t24-,33-/m1/s1. The average molecular weight is 726 g/mol. The maximum absolute atomic E-state index is 14.5. The zero-order valence-corrected chi connectivity index (χ0v) is 29.6. The van der Waals surface area contributed by atoms with Gasteiger partial charge in [-0.25, -0.2) is 23.1 Å². The smallest absolute Gasteiger partial charge is 0.279 e. The van der Waals surface area contributed by atoms with Crippen LogP contribution in [-0.2, 0) is 14.9 Å². The van der Waals surface area contributed by atoms with Gasteiger partial charge in [-0.15, -0.1) is 0 Å². The predicted molar refractivity (Wildman–Crippen MR) is 178 cm³/mol. The fourth-order valence-electron chi connectivity index (χ4n) is 7.39. The Kier molecular flexibility index (Phi) is 10.1. The second-order valence-corrected chi connectivity index (χ2v) is 16.6. The molecule has 0 radical (unpaired) electrons. The van der Waals surface area contributed by atoms with E-state index in [9.17, 15) is 31.5 Å². The monoisotopic (exact) mass is 725 g/mol. The van der Waals surface area contributed by atoms with E-state index >= 15 is 0 Å². The molecule has 276 valence electrons. The zero-order valence-electron chi connectivity index (χ0n) is 28.8. The number of anilines is 1. The van der Waals surface area contributed by atoms with Crippen molar-refractivity contribution in [3.8, 4) is 11.5 Å². The van der Waals surface area contributed by atoms with Crippen molar-refractivity contribution < 1.29 is 41.0 Å². The maximum Gasteiger partial charge on any atom is 0.279 e. The molecule has 3 aliphatic heterocycles. The maximum atomic E-state index is 14.5. The summed E-state index contributed by atoms with van der Waals surface area (Å²) in [5, 5.41) is 11.1. The number of nitrogens with one attached hydrogen (secondary N) is 1. The van der Waals surface area contributed by atoms with E-state index in [0.29, 0.717) is 38.3 Å². The Morgan fingerprint density at radius 2 is 1.86 bits per heavy atom. The van der Waals surface area contributed by atoms with Gasteiger partial charge in [0, 0.05) is 70.0 Å². The molecule has 4 heterocycles. The van der Waals surface area contributed by atoms with Gasteiger partial charge in [0.15, 0.2) is 17.4 Å². The third kappa shape index (κ3) is 7.87. The molecular formula is C33H46F3N7O6S. The highest BCUT2D eigenvalue weighted by Gasteiger charge is 2.50. The molecule has 3 saturated heterocycles. The van der Waals surface area contributed by atoms with Crippen LogP contribution < -0.4 is 14.4 Å². The second-order valence-electron chi connectivity index (χ2n) is 14.7. The van der Waals surface area contributed by atoms with Gasteiger partial charge in [-0.2, -0.15) is 17.4 Å². The molecule has 2 N–H and O–H groups in total. The summed E-state index contributed by atoms with van der Waals surface area (Å²) < 4.78 is 81.9. The number of hydrogen-bond donors (Lipinski definition) is 2. The number of benzene rings is 1. The fraction of sp³-hybridized carbons (Fsp3) is 0.667. The number of carbonyl (C=O) groups excluding carboxylic acids is 1. The minimum atomic E-state index is -3.59. The summed E-state index contributed by atoms with van der Waals surface area (Å²) in [6.45, 7) is 6.81. The first-order valence-electron chi connectivity index (χ1n) is 17.0. The Labute approximate surface area is 290 Å². The van der Waals surface area contributed by atoms with Crippen LogP contribution in [0.5, 0.6) is 11.5 Å². The van der Waals surface area contributed by atoms with Crippen LogP contribution >= 0.6 is 0 Å². The van der Waals surface area contributed by atoms with Gasteiger partial charge >= 0.3 is 0 Å². The molecule has 1 spiro atoms. The molecule has 17 heteroatoms. The zero-order chi connectivity index (χ0) is 36.1. The summed E-state index contributed by atoms with van der Waals surface area (Å²) in [6.07, 6.45) is 4.56. The molecular weight excluding hydrogens is 679 g/mol. The number of aliphatic hydroxyl groups is 1. The van der Waals surface area contributed by atoms with Crippen molar-refractivity contribution in [2.45, 2.75) is 82.2 Å². The fourth-order valence-corrected chi connectivity index (χ4v) is 8.21. The lowest BCUT2D eigenvalue weighted by Gasteiger charge is -2.55. The third-order valence-corrected chi connectivity index (χ3v) is 11.9. The van der Waals surface area contributed by atoms with Crippen LogP contribution in [0.1, 0.15) is 62.7 Å². The van der Waals surface area contributed by atoms with Crippen molar-refractivity contribution >= 4 is 21.9 Å². The van der Waals surface area contributed by atoms with Gasteiger partial charge in [0.05, 0.1) is 24.9 Å². The van der Waals surface area contributed by atoms with Gasteiger partial charge < -0.3 is 24.4 Å². The van der Waals surface area contributed by atoms with E-state index in [0.717, 1.165) is 36.3 Å². The number of nitrogens with zero attached hydrogens (tertiary/aromatic N) is 6. The predicted octanol–water partition coefficient (Wildman–Crippen LogP) is 3.22. The van der Waals surface area contributed by atoms with Crippen molar-refractivity contribution in [2.24, 2.45) is 5.41 Å². The van der Waals surface area contributed by atoms with Crippen LogP contribution in [0.15, 0.2) is 30.7 Å². The molecule has 2 atom stereocenters. The van der Waals surface area contributed by atoms with Crippen LogP contribution in [0.4, 0.5) is 19.0 Å². The van der Waals surface area contributed by atoms with Crippen LogP contribution in [-0.4, -0.2) is 127 Å². The Hall–Kier alpha value is -3.09. The Morgan fingerprint density at radius 1 is 1.16 bits per heavy atom. The highest BCUT2D eigenvalue weighted by Crippen LogP contribution is 2.46. The van der Waals surface area contributed by atoms with Crippen LogP contribution in [0.3, 0.4) is 0 Å². The van der Waals surface area contributed by atoms with E-state index in [1.165, 1.54) is 43.7 Å². The quantitative estimate of drug-likeness (QED) is 0.355.